The molecular formula is C22H24N2O6. The Balaban J connectivity index is 1.46. The van der Waals surface area contributed by atoms with Gasteiger partial charge >= 0.3 is 17.6 Å². The summed E-state index contributed by atoms with van der Waals surface area (Å²) in [5.41, 5.74) is 0.396. The minimum Gasteiger partial charge on any atom is -0.459 e. The van der Waals surface area contributed by atoms with E-state index in [1.165, 1.54) is 6.07 Å². The number of rotatable bonds is 4. The lowest BCUT2D eigenvalue weighted by molar-refractivity contribution is -0.149. The van der Waals surface area contributed by atoms with Gasteiger partial charge in [0.05, 0.1) is 0 Å². The van der Waals surface area contributed by atoms with E-state index in [4.69, 9.17) is 9.15 Å². The molecule has 2 aliphatic rings. The van der Waals surface area contributed by atoms with E-state index in [-0.39, 0.29) is 18.4 Å². The first-order valence-electron chi connectivity index (χ1n) is 10.1. The number of hydrogen-bond donors (Lipinski definition) is 1. The minimum absolute atomic E-state index is 0.0158. The molecule has 1 saturated heterocycles. The van der Waals surface area contributed by atoms with Gasteiger partial charge in [-0.25, -0.2) is 9.59 Å². The highest BCUT2D eigenvalue weighted by Crippen LogP contribution is 2.38. The van der Waals surface area contributed by atoms with Crippen LogP contribution in [-0.4, -0.2) is 34.9 Å². The first-order valence-corrected chi connectivity index (χ1v) is 10.1. The number of nitrogens with zero attached hydrogens (tertiary/aromatic N) is 1. The number of ether oxygens (including phenoxy) is 1. The molecule has 30 heavy (non-hydrogen) atoms. The fourth-order valence-corrected chi connectivity index (χ4v) is 4.43. The van der Waals surface area contributed by atoms with Crippen molar-refractivity contribution in [3.05, 3.63) is 45.8 Å². The maximum Gasteiger partial charge on any atom is 0.336 e. The third-order valence-electron chi connectivity index (χ3n) is 6.16. The van der Waals surface area contributed by atoms with Gasteiger partial charge in [0.25, 0.3) is 5.91 Å². The molecule has 0 radical (unpaired) electrons. The van der Waals surface area contributed by atoms with Crippen LogP contribution in [0.5, 0.6) is 0 Å². The standard InChI is InChI=1S/C22H24N2O6/c1-13-6-7-16-15(10-18(25)30-17(16)9-13)12-29-19(26)11-24-20(27)22(23-21(24)28)8-4-3-5-14(22)2/h6-7,9-10,14H,3-5,8,11-12H2,1-2H3,(H,23,28)/t14-,22-/m1/s1. The van der Waals surface area contributed by atoms with Crippen molar-refractivity contribution in [2.45, 2.75) is 51.7 Å². The molecule has 0 unspecified atom stereocenters. The number of fused-ring (bicyclic) bond motifs is 1. The second kappa shape index (κ2) is 7.59. The van der Waals surface area contributed by atoms with Gasteiger partial charge in [-0.2, -0.15) is 0 Å². The number of hydrogen-bond acceptors (Lipinski definition) is 6. The van der Waals surface area contributed by atoms with E-state index in [9.17, 15) is 19.2 Å². The van der Waals surface area contributed by atoms with Crippen LogP contribution in [0, 0.1) is 12.8 Å². The largest absolute Gasteiger partial charge is 0.459 e. The average molecular weight is 412 g/mol. The number of benzene rings is 1. The van der Waals surface area contributed by atoms with Gasteiger partial charge < -0.3 is 14.5 Å². The Morgan fingerprint density at radius 2 is 2.07 bits per heavy atom. The molecule has 1 aliphatic carbocycles. The van der Waals surface area contributed by atoms with Crippen LogP contribution in [0.2, 0.25) is 0 Å². The number of amides is 3. The van der Waals surface area contributed by atoms with Gasteiger partial charge in [-0.1, -0.05) is 31.9 Å². The first kappa shape index (κ1) is 20.1. The summed E-state index contributed by atoms with van der Waals surface area (Å²) in [5, 5.41) is 3.48. The number of nitrogens with one attached hydrogen (secondary N) is 1. The lowest BCUT2D eigenvalue weighted by Gasteiger charge is -2.36. The van der Waals surface area contributed by atoms with E-state index in [0.29, 0.717) is 23.0 Å². The zero-order valence-electron chi connectivity index (χ0n) is 17.0. The van der Waals surface area contributed by atoms with Crippen molar-refractivity contribution in [2.75, 3.05) is 6.54 Å². The summed E-state index contributed by atoms with van der Waals surface area (Å²) in [6.07, 6.45) is 3.31. The lowest BCUT2D eigenvalue weighted by atomic mass is 9.73. The van der Waals surface area contributed by atoms with Gasteiger partial charge in [-0.05, 0) is 37.3 Å². The molecule has 1 N–H and O–H groups in total. The van der Waals surface area contributed by atoms with E-state index in [1.54, 1.807) is 12.1 Å². The smallest absolute Gasteiger partial charge is 0.336 e. The molecule has 3 amide bonds. The van der Waals surface area contributed by atoms with Gasteiger partial charge in [-0.15, -0.1) is 0 Å². The fourth-order valence-electron chi connectivity index (χ4n) is 4.43. The highest BCUT2D eigenvalue weighted by Gasteiger charge is 2.55. The monoisotopic (exact) mass is 412 g/mol. The van der Waals surface area contributed by atoms with Crippen molar-refractivity contribution in [1.29, 1.82) is 0 Å². The number of urea groups is 1. The molecule has 0 bridgehead atoms. The first-order chi connectivity index (χ1) is 14.3. The molecule has 2 heterocycles. The molecule has 8 nitrogen and oxygen atoms in total. The second-order valence-electron chi connectivity index (χ2n) is 8.19. The van der Waals surface area contributed by atoms with Crippen LogP contribution in [0.4, 0.5) is 4.79 Å². The molecular weight excluding hydrogens is 388 g/mol. The molecule has 1 aliphatic heterocycles. The molecule has 4 rings (SSSR count). The van der Waals surface area contributed by atoms with Crippen molar-refractivity contribution in [3.8, 4) is 0 Å². The SMILES string of the molecule is Cc1ccc2c(COC(=O)CN3C(=O)N[C@@]4(CCCC[C@H]4C)C3=O)cc(=O)oc2c1. The van der Waals surface area contributed by atoms with Crippen LogP contribution in [-0.2, 0) is 20.9 Å². The Kier molecular flexibility index (Phi) is 5.09. The van der Waals surface area contributed by atoms with Gasteiger partial charge in [0, 0.05) is 17.0 Å². The lowest BCUT2D eigenvalue weighted by Crippen LogP contribution is -2.54. The van der Waals surface area contributed by atoms with Crippen LogP contribution in [0.15, 0.2) is 33.5 Å². The molecule has 1 saturated carbocycles. The van der Waals surface area contributed by atoms with E-state index in [0.717, 1.165) is 29.7 Å². The van der Waals surface area contributed by atoms with Crippen molar-refractivity contribution in [2.24, 2.45) is 5.92 Å². The topological polar surface area (TPSA) is 106 Å². The number of carbonyl (C=O) groups excluding carboxylic acids is 3. The zero-order valence-corrected chi connectivity index (χ0v) is 17.0. The van der Waals surface area contributed by atoms with Crippen LogP contribution < -0.4 is 10.9 Å². The van der Waals surface area contributed by atoms with E-state index in [1.807, 2.05) is 19.9 Å². The highest BCUT2D eigenvalue weighted by molar-refractivity contribution is 6.09. The molecule has 2 aromatic rings. The molecule has 8 heteroatoms. The summed E-state index contributed by atoms with van der Waals surface area (Å²) in [6.45, 7) is 3.21. The summed E-state index contributed by atoms with van der Waals surface area (Å²) in [7, 11) is 0. The van der Waals surface area contributed by atoms with Gasteiger partial charge in [0.1, 0.15) is 24.3 Å². The zero-order chi connectivity index (χ0) is 21.5. The Morgan fingerprint density at radius 3 is 2.83 bits per heavy atom. The number of imide groups is 1. The second-order valence-corrected chi connectivity index (χ2v) is 8.19. The number of esters is 1. The predicted octanol–water partition coefficient (Wildman–Crippen LogP) is 2.65. The molecule has 1 aromatic heterocycles. The molecule has 1 spiro atoms. The summed E-state index contributed by atoms with van der Waals surface area (Å²) in [6, 6.07) is 6.11. The van der Waals surface area contributed by atoms with E-state index >= 15 is 0 Å². The summed E-state index contributed by atoms with van der Waals surface area (Å²) in [4.78, 5) is 50.5. The maximum atomic E-state index is 12.9. The van der Waals surface area contributed by atoms with Crippen LogP contribution in [0.3, 0.4) is 0 Å². The third kappa shape index (κ3) is 3.46. The molecule has 1 aromatic carbocycles. The Labute approximate surface area is 173 Å². The van der Waals surface area contributed by atoms with Crippen LogP contribution >= 0.6 is 0 Å². The Hall–Kier alpha value is -3.16. The van der Waals surface area contributed by atoms with Gasteiger partial charge in [-0.3, -0.25) is 14.5 Å². The van der Waals surface area contributed by atoms with Crippen molar-refractivity contribution < 1.29 is 23.5 Å². The van der Waals surface area contributed by atoms with Gasteiger partial charge in [0.15, 0.2) is 0 Å². The molecule has 2 fully saturated rings. The third-order valence-corrected chi connectivity index (χ3v) is 6.16. The predicted molar refractivity (Wildman–Crippen MR) is 108 cm³/mol. The van der Waals surface area contributed by atoms with Crippen LogP contribution in [0.1, 0.15) is 43.7 Å². The average Bonchev–Trinajstić information content (AvgIpc) is 2.93. The van der Waals surface area contributed by atoms with Crippen molar-refractivity contribution >= 4 is 28.9 Å². The summed E-state index contributed by atoms with van der Waals surface area (Å²) < 4.78 is 10.5. The Morgan fingerprint density at radius 1 is 1.27 bits per heavy atom. The minimum atomic E-state index is -0.915. The van der Waals surface area contributed by atoms with E-state index < -0.39 is 29.7 Å². The number of carbonyl (C=O) groups is 3. The fraction of sp³-hybridized carbons (Fsp3) is 0.455. The summed E-state index contributed by atoms with van der Waals surface area (Å²) >= 11 is 0. The normalized spacial score (nSPS) is 23.8. The van der Waals surface area contributed by atoms with Gasteiger partial charge in [0.2, 0.25) is 0 Å². The quantitative estimate of drug-likeness (QED) is 0.470. The summed E-state index contributed by atoms with van der Waals surface area (Å²) in [5.74, 6) is -1.06. The van der Waals surface area contributed by atoms with Crippen molar-refractivity contribution in [1.82, 2.24) is 10.2 Å². The molecule has 2 atom stereocenters. The number of aryl methyl sites for hydroxylation is 1. The van der Waals surface area contributed by atoms with Crippen molar-refractivity contribution in [3.63, 3.8) is 0 Å². The van der Waals surface area contributed by atoms with Crippen LogP contribution in [0.25, 0.3) is 11.0 Å². The maximum absolute atomic E-state index is 12.9. The molecule has 158 valence electrons. The van der Waals surface area contributed by atoms with E-state index in [2.05, 4.69) is 5.32 Å². The Bertz CT molecular complexity index is 1090. The highest BCUT2D eigenvalue weighted by atomic mass is 16.5.